The Bertz CT molecular complexity index is 373. The van der Waals surface area contributed by atoms with Gasteiger partial charge in [0.05, 0.1) is 16.6 Å². The van der Waals surface area contributed by atoms with Crippen LogP contribution in [0.25, 0.3) is 0 Å². The van der Waals surface area contributed by atoms with Gasteiger partial charge in [-0.2, -0.15) is 13.2 Å². The minimum absolute atomic E-state index is 0.442. The summed E-state index contributed by atoms with van der Waals surface area (Å²) >= 11 is 5.25. The summed E-state index contributed by atoms with van der Waals surface area (Å²) in [5.74, 6) is -1.67. The number of carbonyl (C=O) groups excluding carboxylic acids is 1. The summed E-state index contributed by atoms with van der Waals surface area (Å²) in [5, 5.41) is 9.73. The lowest BCUT2D eigenvalue weighted by atomic mass is 10.1. The van der Waals surface area contributed by atoms with Crippen LogP contribution in [0.5, 0.6) is 0 Å². The van der Waals surface area contributed by atoms with Gasteiger partial charge in [-0.1, -0.05) is 17.7 Å². The monoisotopic (exact) mass is 223 g/mol. The third kappa shape index (κ3) is 2.17. The Labute approximate surface area is 81.9 Å². The number of benzene rings is 1. The number of carboxylic acids is 1. The summed E-state index contributed by atoms with van der Waals surface area (Å²) in [4.78, 5) is 10.3. The standard InChI is InChI=1S/C8H4ClF3O2/c9-6-2-1-4(7(13)14)3-5(6)8(10,11)12/h1-3H,(H,13,14)/p-1. The first-order valence-electron chi connectivity index (χ1n) is 3.40. The van der Waals surface area contributed by atoms with Gasteiger partial charge in [0, 0.05) is 0 Å². The third-order valence-electron chi connectivity index (χ3n) is 1.51. The molecular weight excluding hydrogens is 221 g/mol. The molecule has 0 aliphatic heterocycles. The van der Waals surface area contributed by atoms with Crippen molar-refractivity contribution >= 4 is 17.6 Å². The normalized spacial score (nSPS) is 11.4. The van der Waals surface area contributed by atoms with Crippen molar-refractivity contribution in [2.24, 2.45) is 0 Å². The lowest BCUT2D eigenvalue weighted by molar-refractivity contribution is -0.255. The number of rotatable bonds is 1. The molecule has 0 heterocycles. The van der Waals surface area contributed by atoms with Crippen molar-refractivity contribution in [3.63, 3.8) is 0 Å². The number of hydrogen-bond acceptors (Lipinski definition) is 2. The van der Waals surface area contributed by atoms with Crippen LogP contribution in [-0.2, 0) is 6.18 Å². The second kappa shape index (κ2) is 3.49. The largest absolute Gasteiger partial charge is 0.545 e. The van der Waals surface area contributed by atoms with Gasteiger partial charge >= 0.3 is 6.18 Å². The predicted octanol–water partition coefficient (Wildman–Crippen LogP) is 1.72. The topological polar surface area (TPSA) is 40.1 Å². The number of halogens is 4. The zero-order valence-corrected chi connectivity index (χ0v) is 7.32. The predicted molar refractivity (Wildman–Crippen MR) is 40.8 cm³/mol. The average Bonchev–Trinajstić information content (AvgIpc) is 2.02. The number of hydrogen-bond donors (Lipinski definition) is 0. The highest BCUT2D eigenvalue weighted by Crippen LogP contribution is 2.34. The molecule has 6 heteroatoms. The highest BCUT2D eigenvalue weighted by atomic mass is 35.5. The summed E-state index contributed by atoms with van der Waals surface area (Å²) in [6, 6.07) is 2.26. The molecule has 2 nitrogen and oxygen atoms in total. The first-order chi connectivity index (χ1) is 6.32. The smallest absolute Gasteiger partial charge is 0.417 e. The van der Waals surface area contributed by atoms with Crippen LogP contribution in [-0.4, -0.2) is 5.97 Å². The first kappa shape index (κ1) is 10.8. The number of alkyl halides is 3. The van der Waals surface area contributed by atoms with Gasteiger partial charge in [0.15, 0.2) is 0 Å². The molecule has 0 aliphatic rings. The molecule has 14 heavy (non-hydrogen) atoms. The molecule has 0 saturated carbocycles. The van der Waals surface area contributed by atoms with E-state index in [0.29, 0.717) is 6.07 Å². The fourth-order valence-electron chi connectivity index (χ4n) is 0.869. The van der Waals surface area contributed by atoms with Crippen LogP contribution in [0.2, 0.25) is 5.02 Å². The van der Waals surface area contributed by atoms with Crippen molar-refractivity contribution in [1.82, 2.24) is 0 Å². The Morgan fingerprint density at radius 3 is 2.36 bits per heavy atom. The van der Waals surface area contributed by atoms with Gasteiger partial charge in [-0.05, 0) is 17.7 Å². The Kier molecular flexibility index (Phi) is 2.71. The van der Waals surface area contributed by atoms with Crippen LogP contribution in [0.4, 0.5) is 13.2 Å². The molecule has 76 valence electrons. The molecule has 0 aromatic heterocycles. The quantitative estimate of drug-likeness (QED) is 0.727. The molecule has 0 spiro atoms. The zero-order valence-electron chi connectivity index (χ0n) is 6.56. The van der Waals surface area contributed by atoms with E-state index in [1.807, 2.05) is 0 Å². The average molecular weight is 224 g/mol. The Morgan fingerprint density at radius 2 is 1.93 bits per heavy atom. The van der Waals surface area contributed by atoms with E-state index in [-0.39, 0.29) is 0 Å². The molecule has 0 aliphatic carbocycles. The number of carboxylic acid groups (broad SMARTS) is 1. The van der Waals surface area contributed by atoms with Gasteiger partial charge in [0.1, 0.15) is 0 Å². The van der Waals surface area contributed by atoms with Gasteiger partial charge in [-0.25, -0.2) is 0 Å². The minimum Gasteiger partial charge on any atom is -0.545 e. The zero-order chi connectivity index (χ0) is 10.9. The van der Waals surface area contributed by atoms with Gasteiger partial charge < -0.3 is 9.90 Å². The van der Waals surface area contributed by atoms with Gasteiger partial charge in [-0.3, -0.25) is 0 Å². The van der Waals surface area contributed by atoms with Crippen LogP contribution in [0.15, 0.2) is 18.2 Å². The molecule has 0 saturated heterocycles. The summed E-state index contributed by atoms with van der Waals surface area (Å²) in [7, 11) is 0. The molecule has 1 rings (SSSR count). The molecule has 0 radical (unpaired) electrons. The van der Waals surface area contributed by atoms with E-state index in [2.05, 4.69) is 0 Å². The van der Waals surface area contributed by atoms with E-state index < -0.39 is 28.3 Å². The van der Waals surface area contributed by atoms with Crippen molar-refractivity contribution < 1.29 is 23.1 Å². The van der Waals surface area contributed by atoms with E-state index in [4.69, 9.17) is 11.6 Å². The first-order valence-corrected chi connectivity index (χ1v) is 3.78. The molecule has 0 amide bonds. The van der Waals surface area contributed by atoms with Crippen molar-refractivity contribution in [2.45, 2.75) is 6.18 Å². The van der Waals surface area contributed by atoms with E-state index >= 15 is 0 Å². The van der Waals surface area contributed by atoms with Crippen LogP contribution >= 0.6 is 11.6 Å². The molecule has 0 fully saturated rings. The maximum Gasteiger partial charge on any atom is 0.417 e. The maximum atomic E-state index is 12.2. The van der Waals surface area contributed by atoms with Crippen LogP contribution in [0.3, 0.4) is 0 Å². The molecule has 1 aromatic carbocycles. The van der Waals surface area contributed by atoms with Crippen molar-refractivity contribution in [2.75, 3.05) is 0 Å². The van der Waals surface area contributed by atoms with Crippen molar-refractivity contribution in [3.8, 4) is 0 Å². The van der Waals surface area contributed by atoms with Gasteiger partial charge in [0.2, 0.25) is 0 Å². The highest BCUT2D eigenvalue weighted by molar-refractivity contribution is 6.31. The molecule has 0 atom stereocenters. The van der Waals surface area contributed by atoms with Gasteiger partial charge in [-0.15, -0.1) is 0 Å². The fraction of sp³-hybridized carbons (Fsp3) is 0.125. The summed E-state index contributed by atoms with van der Waals surface area (Å²) in [5.41, 5.74) is -1.73. The number of aromatic carboxylic acids is 1. The van der Waals surface area contributed by atoms with Crippen LogP contribution < -0.4 is 5.11 Å². The van der Waals surface area contributed by atoms with Crippen LogP contribution in [0, 0.1) is 0 Å². The third-order valence-corrected chi connectivity index (χ3v) is 1.84. The summed E-state index contributed by atoms with van der Waals surface area (Å²) < 4.78 is 36.6. The van der Waals surface area contributed by atoms with E-state index in [9.17, 15) is 23.1 Å². The van der Waals surface area contributed by atoms with Gasteiger partial charge in [0.25, 0.3) is 0 Å². The fourth-order valence-corrected chi connectivity index (χ4v) is 1.09. The summed E-state index contributed by atoms with van der Waals surface area (Å²) in [6.07, 6.45) is -4.66. The lowest BCUT2D eigenvalue weighted by Crippen LogP contribution is -2.22. The SMILES string of the molecule is O=C([O-])c1ccc(Cl)c(C(F)(F)F)c1. The second-order valence-corrected chi connectivity index (χ2v) is 2.89. The van der Waals surface area contributed by atoms with Crippen LogP contribution in [0.1, 0.15) is 15.9 Å². The highest BCUT2D eigenvalue weighted by Gasteiger charge is 2.33. The summed E-state index contributed by atoms with van der Waals surface area (Å²) in [6.45, 7) is 0. The van der Waals surface area contributed by atoms with Crippen molar-refractivity contribution in [3.05, 3.63) is 34.3 Å². The molecule has 0 unspecified atom stereocenters. The second-order valence-electron chi connectivity index (χ2n) is 2.48. The Morgan fingerprint density at radius 1 is 1.36 bits per heavy atom. The lowest BCUT2D eigenvalue weighted by Gasteiger charge is -2.10. The van der Waals surface area contributed by atoms with E-state index in [1.54, 1.807) is 0 Å². The number of carbonyl (C=O) groups is 1. The molecular formula is C8H3ClF3O2-. The Balaban J connectivity index is 3.29. The molecule has 1 aromatic rings. The molecule has 0 N–H and O–H groups in total. The minimum atomic E-state index is -4.66. The van der Waals surface area contributed by atoms with E-state index in [0.717, 1.165) is 12.1 Å². The Hall–Kier alpha value is -1.23. The van der Waals surface area contributed by atoms with E-state index in [1.165, 1.54) is 0 Å². The molecule has 0 bridgehead atoms. The van der Waals surface area contributed by atoms with Crippen molar-refractivity contribution in [1.29, 1.82) is 0 Å². The maximum absolute atomic E-state index is 12.2.